The molecule has 0 saturated heterocycles. The molecule has 1 aromatic rings. The molecule has 1 heterocycles. The highest BCUT2D eigenvalue weighted by Gasteiger charge is 1.98. The van der Waals surface area contributed by atoms with Gasteiger partial charge in [0, 0.05) is 12.2 Å². The smallest absolute Gasteiger partial charge is 0.189 e. The molecule has 66 valence electrons. The van der Waals surface area contributed by atoms with Crippen molar-refractivity contribution in [2.24, 2.45) is 0 Å². The number of hydrogen-bond donors (Lipinski definition) is 1. The maximum absolute atomic E-state index is 4.27. The largest absolute Gasteiger partial charge is 0.368 e. The SMILES string of the molecule is CSc1nccc(NC(C)C)n1. The van der Waals surface area contributed by atoms with Crippen LogP contribution in [0.3, 0.4) is 0 Å². The predicted octanol–water partition coefficient (Wildman–Crippen LogP) is 2.02. The molecule has 0 unspecified atom stereocenters. The fraction of sp³-hybridized carbons (Fsp3) is 0.500. The van der Waals surface area contributed by atoms with Gasteiger partial charge in [-0.15, -0.1) is 0 Å². The highest BCUT2D eigenvalue weighted by atomic mass is 32.2. The van der Waals surface area contributed by atoms with Gasteiger partial charge in [-0.1, -0.05) is 11.8 Å². The van der Waals surface area contributed by atoms with Crippen molar-refractivity contribution >= 4 is 17.6 Å². The van der Waals surface area contributed by atoms with E-state index in [2.05, 4.69) is 29.1 Å². The summed E-state index contributed by atoms with van der Waals surface area (Å²) < 4.78 is 0. The van der Waals surface area contributed by atoms with Gasteiger partial charge in [0.15, 0.2) is 5.16 Å². The zero-order valence-corrected chi connectivity index (χ0v) is 8.35. The van der Waals surface area contributed by atoms with Gasteiger partial charge >= 0.3 is 0 Å². The third kappa shape index (κ3) is 2.70. The molecule has 0 bridgehead atoms. The molecule has 0 aliphatic heterocycles. The molecule has 0 fully saturated rings. The lowest BCUT2D eigenvalue weighted by atomic mass is 10.4. The van der Waals surface area contributed by atoms with Gasteiger partial charge in [-0.2, -0.15) is 0 Å². The molecule has 4 heteroatoms. The second-order valence-corrected chi connectivity index (χ2v) is 3.50. The van der Waals surface area contributed by atoms with Gasteiger partial charge in [-0.3, -0.25) is 0 Å². The van der Waals surface area contributed by atoms with E-state index in [1.54, 1.807) is 18.0 Å². The topological polar surface area (TPSA) is 37.8 Å². The third-order valence-electron chi connectivity index (χ3n) is 1.25. The van der Waals surface area contributed by atoms with E-state index < -0.39 is 0 Å². The summed E-state index contributed by atoms with van der Waals surface area (Å²) in [5, 5.41) is 4.02. The van der Waals surface area contributed by atoms with Crippen LogP contribution in [0.25, 0.3) is 0 Å². The molecule has 0 atom stereocenters. The Morgan fingerprint density at radius 1 is 1.50 bits per heavy atom. The summed E-state index contributed by atoms with van der Waals surface area (Å²) in [6.07, 6.45) is 3.73. The van der Waals surface area contributed by atoms with Crippen molar-refractivity contribution in [2.75, 3.05) is 11.6 Å². The van der Waals surface area contributed by atoms with E-state index >= 15 is 0 Å². The first-order chi connectivity index (χ1) is 5.72. The van der Waals surface area contributed by atoms with Gasteiger partial charge in [0.25, 0.3) is 0 Å². The first-order valence-electron chi connectivity index (χ1n) is 3.86. The zero-order valence-electron chi connectivity index (χ0n) is 7.53. The number of thioether (sulfide) groups is 1. The van der Waals surface area contributed by atoms with E-state index in [1.807, 2.05) is 12.3 Å². The quantitative estimate of drug-likeness (QED) is 0.574. The van der Waals surface area contributed by atoms with Crippen LogP contribution in [0.15, 0.2) is 17.4 Å². The van der Waals surface area contributed by atoms with Crippen LogP contribution in [-0.2, 0) is 0 Å². The summed E-state index contributed by atoms with van der Waals surface area (Å²) in [4.78, 5) is 8.35. The molecule has 3 nitrogen and oxygen atoms in total. The molecule has 1 rings (SSSR count). The van der Waals surface area contributed by atoms with Crippen LogP contribution >= 0.6 is 11.8 Å². The monoisotopic (exact) mass is 183 g/mol. The molecule has 0 aliphatic carbocycles. The minimum Gasteiger partial charge on any atom is -0.368 e. The molecule has 0 amide bonds. The normalized spacial score (nSPS) is 10.3. The standard InChI is InChI=1S/C8H13N3S/c1-6(2)10-7-4-5-9-8(11-7)12-3/h4-6H,1-3H3,(H,9,10,11). The van der Waals surface area contributed by atoms with Crippen LogP contribution in [0.1, 0.15) is 13.8 Å². The minimum absolute atomic E-state index is 0.412. The predicted molar refractivity (Wildman–Crippen MR) is 52.6 cm³/mol. The van der Waals surface area contributed by atoms with Crippen LogP contribution in [0.2, 0.25) is 0 Å². The lowest BCUT2D eigenvalue weighted by Crippen LogP contribution is -2.11. The first kappa shape index (κ1) is 9.32. The van der Waals surface area contributed by atoms with Crippen molar-refractivity contribution in [1.82, 2.24) is 9.97 Å². The van der Waals surface area contributed by atoms with E-state index in [4.69, 9.17) is 0 Å². The molecule has 1 N–H and O–H groups in total. The molecule has 1 aromatic heterocycles. The number of nitrogens with zero attached hydrogens (tertiary/aromatic N) is 2. The van der Waals surface area contributed by atoms with Gasteiger partial charge in [-0.05, 0) is 26.2 Å². The van der Waals surface area contributed by atoms with Gasteiger partial charge < -0.3 is 5.32 Å². The van der Waals surface area contributed by atoms with E-state index in [0.717, 1.165) is 11.0 Å². The summed E-state index contributed by atoms with van der Waals surface area (Å²) in [5.74, 6) is 0.893. The molecule has 12 heavy (non-hydrogen) atoms. The van der Waals surface area contributed by atoms with Crippen molar-refractivity contribution in [3.05, 3.63) is 12.3 Å². The average Bonchev–Trinajstić information content (AvgIpc) is 2.03. The van der Waals surface area contributed by atoms with Crippen LogP contribution in [-0.4, -0.2) is 22.3 Å². The Kier molecular flexibility index (Phi) is 3.34. The summed E-state index contributed by atoms with van der Waals surface area (Å²) in [7, 11) is 0. The summed E-state index contributed by atoms with van der Waals surface area (Å²) in [6, 6.07) is 2.29. The van der Waals surface area contributed by atoms with Crippen LogP contribution in [0.4, 0.5) is 5.82 Å². The molecular formula is C8H13N3S. The number of rotatable bonds is 3. The highest BCUT2D eigenvalue weighted by Crippen LogP contribution is 2.10. The second kappa shape index (κ2) is 4.30. The van der Waals surface area contributed by atoms with Gasteiger partial charge in [-0.25, -0.2) is 9.97 Å². The van der Waals surface area contributed by atoms with Crippen LogP contribution in [0.5, 0.6) is 0 Å². The molecule has 0 radical (unpaired) electrons. The Labute approximate surface area is 77.0 Å². The van der Waals surface area contributed by atoms with E-state index in [1.165, 1.54) is 0 Å². The Morgan fingerprint density at radius 3 is 2.83 bits per heavy atom. The fourth-order valence-electron chi connectivity index (χ4n) is 0.815. The average molecular weight is 183 g/mol. The zero-order chi connectivity index (χ0) is 8.97. The molecule has 0 spiro atoms. The van der Waals surface area contributed by atoms with Gasteiger partial charge in [0.1, 0.15) is 5.82 Å². The Hall–Kier alpha value is -0.770. The van der Waals surface area contributed by atoms with Crippen molar-refractivity contribution in [2.45, 2.75) is 25.0 Å². The fourth-order valence-corrected chi connectivity index (χ4v) is 1.17. The Morgan fingerprint density at radius 2 is 2.25 bits per heavy atom. The number of hydrogen-bond acceptors (Lipinski definition) is 4. The lowest BCUT2D eigenvalue weighted by Gasteiger charge is -2.08. The summed E-state index contributed by atoms with van der Waals surface area (Å²) >= 11 is 1.55. The maximum atomic E-state index is 4.27. The summed E-state index contributed by atoms with van der Waals surface area (Å²) in [5.41, 5.74) is 0. The third-order valence-corrected chi connectivity index (χ3v) is 1.81. The van der Waals surface area contributed by atoms with Crippen molar-refractivity contribution < 1.29 is 0 Å². The van der Waals surface area contributed by atoms with Crippen molar-refractivity contribution in [3.8, 4) is 0 Å². The Bertz CT molecular complexity index is 250. The van der Waals surface area contributed by atoms with E-state index in [9.17, 15) is 0 Å². The lowest BCUT2D eigenvalue weighted by molar-refractivity contribution is 0.867. The highest BCUT2D eigenvalue weighted by molar-refractivity contribution is 7.98. The molecular weight excluding hydrogens is 170 g/mol. The number of nitrogens with one attached hydrogen (secondary N) is 1. The van der Waals surface area contributed by atoms with E-state index in [-0.39, 0.29) is 0 Å². The van der Waals surface area contributed by atoms with Crippen molar-refractivity contribution in [1.29, 1.82) is 0 Å². The first-order valence-corrected chi connectivity index (χ1v) is 5.08. The van der Waals surface area contributed by atoms with E-state index in [0.29, 0.717) is 6.04 Å². The molecule has 0 saturated carbocycles. The number of anilines is 1. The van der Waals surface area contributed by atoms with Crippen LogP contribution < -0.4 is 5.32 Å². The second-order valence-electron chi connectivity index (χ2n) is 2.73. The maximum Gasteiger partial charge on any atom is 0.189 e. The molecule has 0 aliphatic rings. The van der Waals surface area contributed by atoms with Crippen molar-refractivity contribution in [3.63, 3.8) is 0 Å². The molecule has 0 aromatic carbocycles. The van der Waals surface area contributed by atoms with Gasteiger partial charge in [0.05, 0.1) is 0 Å². The van der Waals surface area contributed by atoms with Crippen LogP contribution in [0, 0.1) is 0 Å². The minimum atomic E-state index is 0.412. The number of aromatic nitrogens is 2. The Balaban J connectivity index is 2.72. The summed E-state index contributed by atoms with van der Waals surface area (Å²) in [6.45, 7) is 4.17. The van der Waals surface area contributed by atoms with Gasteiger partial charge in [0.2, 0.25) is 0 Å².